The van der Waals surface area contributed by atoms with E-state index in [2.05, 4.69) is 14.8 Å². The zero-order chi connectivity index (χ0) is 19.7. The second-order valence-corrected chi connectivity index (χ2v) is 8.41. The topological polar surface area (TPSA) is 66.0 Å². The summed E-state index contributed by atoms with van der Waals surface area (Å²) in [7, 11) is 0. The SMILES string of the molecule is CCOC(=O)N1CC2(CCC(N3CCN(c4ncccc4C(C)=O)CC3)C2)C1. The number of ether oxygens (including phenoxy) is 1. The summed E-state index contributed by atoms with van der Waals surface area (Å²) in [6, 6.07) is 4.29. The number of hydrogen-bond donors (Lipinski definition) is 0. The lowest BCUT2D eigenvalue weighted by molar-refractivity contribution is -0.00294. The first kappa shape index (κ1) is 19.2. The molecule has 3 aliphatic rings. The summed E-state index contributed by atoms with van der Waals surface area (Å²) in [6.45, 7) is 9.38. The van der Waals surface area contributed by atoms with Crippen LogP contribution in [0.15, 0.2) is 18.3 Å². The van der Waals surface area contributed by atoms with Gasteiger partial charge in [0.15, 0.2) is 5.78 Å². The lowest BCUT2D eigenvalue weighted by Gasteiger charge is -2.48. The van der Waals surface area contributed by atoms with Gasteiger partial charge in [-0.15, -0.1) is 0 Å². The maximum atomic E-state index is 11.9. The van der Waals surface area contributed by atoms with Crippen LogP contribution in [-0.2, 0) is 4.74 Å². The minimum Gasteiger partial charge on any atom is -0.450 e. The number of carbonyl (C=O) groups is 2. The van der Waals surface area contributed by atoms with E-state index in [1.165, 1.54) is 19.3 Å². The minimum atomic E-state index is -0.165. The van der Waals surface area contributed by atoms with Crippen molar-refractivity contribution in [2.75, 3.05) is 50.8 Å². The highest BCUT2D eigenvalue weighted by molar-refractivity contribution is 5.98. The third-order valence-corrected chi connectivity index (χ3v) is 6.55. The zero-order valence-electron chi connectivity index (χ0n) is 16.9. The van der Waals surface area contributed by atoms with Gasteiger partial charge in [-0.25, -0.2) is 9.78 Å². The van der Waals surface area contributed by atoms with E-state index in [0.717, 1.165) is 45.1 Å². The van der Waals surface area contributed by atoms with Crippen LogP contribution in [0.5, 0.6) is 0 Å². The fraction of sp³-hybridized carbons (Fsp3) is 0.667. The number of carbonyl (C=O) groups excluding carboxylic acids is 2. The van der Waals surface area contributed by atoms with Gasteiger partial charge in [0.1, 0.15) is 5.82 Å². The van der Waals surface area contributed by atoms with Crippen LogP contribution in [0.3, 0.4) is 0 Å². The molecule has 7 heteroatoms. The Morgan fingerprint density at radius 2 is 2.00 bits per heavy atom. The second-order valence-electron chi connectivity index (χ2n) is 8.41. The van der Waals surface area contributed by atoms with E-state index in [9.17, 15) is 9.59 Å². The van der Waals surface area contributed by atoms with Crippen LogP contribution >= 0.6 is 0 Å². The highest BCUT2D eigenvalue weighted by Crippen LogP contribution is 2.47. The van der Waals surface area contributed by atoms with E-state index < -0.39 is 0 Å². The molecular weight excluding hydrogens is 356 g/mol. The zero-order valence-corrected chi connectivity index (χ0v) is 16.9. The predicted molar refractivity (Wildman–Crippen MR) is 107 cm³/mol. The number of ketones is 1. The Labute approximate surface area is 166 Å². The van der Waals surface area contributed by atoms with Crippen LogP contribution in [0, 0.1) is 5.41 Å². The minimum absolute atomic E-state index is 0.0689. The quantitative estimate of drug-likeness (QED) is 0.741. The fourth-order valence-corrected chi connectivity index (χ4v) is 5.11. The summed E-state index contributed by atoms with van der Waals surface area (Å²) >= 11 is 0. The Balaban J connectivity index is 1.30. The molecule has 0 aromatic carbocycles. The first-order valence-corrected chi connectivity index (χ1v) is 10.4. The van der Waals surface area contributed by atoms with Crippen molar-refractivity contribution in [3.63, 3.8) is 0 Å². The van der Waals surface area contributed by atoms with E-state index in [-0.39, 0.29) is 11.9 Å². The highest BCUT2D eigenvalue weighted by Gasteiger charge is 2.51. The van der Waals surface area contributed by atoms with Crippen molar-refractivity contribution in [1.29, 1.82) is 0 Å². The fourth-order valence-electron chi connectivity index (χ4n) is 5.11. The van der Waals surface area contributed by atoms with Gasteiger partial charge in [-0.05, 0) is 45.2 Å². The van der Waals surface area contributed by atoms with Crippen LogP contribution in [0.4, 0.5) is 10.6 Å². The standard InChI is InChI=1S/C21H30N4O3/c1-3-28-20(27)25-14-21(15-25)7-6-17(13-21)23-9-11-24(12-10-23)19-18(16(2)26)5-4-8-22-19/h4-5,8,17H,3,6-7,9-15H2,1-2H3. The molecule has 0 bridgehead atoms. The average molecular weight is 386 g/mol. The second kappa shape index (κ2) is 7.70. The van der Waals surface area contributed by atoms with Crippen molar-refractivity contribution in [3.05, 3.63) is 23.9 Å². The van der Waals surface area contributed by atoms with Gasteiger partial charge in [0.25, 0.3) is 0 Å². The number of piperazine rings is 1. The first-order valence-electron chi connectivity index (χ1n) is 10.4. The molecule has 152 valence electrons. The van der Waals surface area contributed by atoms with Gasteiger partial charge in [0.2, 0.25) is 0 Å². The van der Waals surface area contributed by atoms with Crippen molar-refractivity contribution < 1.29 is 14.3 Å². The smallest absolute Gasteiger partial charge is 0.409 e. The van der Waals surface area contributed by atoms with Crippen molar-refractivity contribution in [2.24, 2.45) is 5.41 Å². The van der Waals surface area contributed by atoms with Crippen molar-refractivity contribution >= 4 is 17.7 Å². The van der Waals surface area contributed by atoms with Crippen molar-refractivity contribution in [1.82, 2.24) is 14.8 Å². The lowest BCUT2D eigenvalue weighted by atomic mass is 9.78. The van der Waals surface area contributed by atoms with E-state index in [1.807, 2.05) is 24.0 Å². The summed E-state index contributed by atoms with van der Waals surface area (Å²) in [5.74, 6) is 0.890. The predicted octanol–water partition coefficient (Wildman–Crippen LogP) is 2.42. The molecule has 3 fully saturated rings. The molecular formula is C21H30N4O3. The molecule has 4 rings (SSSR count). The van der Waals surface area contributed by atoms with Crippen molar-refractivity contribution in [3.8, 4) is 0 Å². The molecule has 1 aromatic rings. The molecule has 3 heterocycles. The molecule has 28 heavy (non-hydrogen) atoms. The first-order chi connectivity index (χ1) is 13.5. The largest absolute Gasteiger partial charge is 0.450 e. The molecule has 0 N–H and O–H groups in total. The normalized spacial score (nSPS) is 24.3. The van der Waals surface area contributed by atoms with E-state index >= 15 is 0 Å². The Morgan fingerprint density at radius 1 is 1.25 bits per heavy atom. The summed E-state index contributed by atoms with van der Waals surface area (Å²) in [4.78, 5) is 34.9. The van der Waals surface area contributed by atoms with Gasteiger partial charge >= 0.3 is 6.09 Å². The molecule has 0 radical (unpaired) electrons. The Kier molecular flexibility index (Phi) is 5.27. The molecule has 1 atom stereocenters. The molecule has 1 saturated carbocycles. The van der Waals surface area contributed by atoms with Crippen molar-refractivity contribution in [2.45, 2.75) is 39.2 Å². The molecule has 2 aliphatic heterocycles. The summed E-state index contributed by atoms with van der Waals surface area (Å²) in [5.41, 5.74) is 1.02. The third-order valence-electron chi connectivity index (χ3n) is 6.55. The van der Waals surface area contributed by atoms with Gasteiger partial charge < -0.3 is 14.5 Å². The monoisotopic (exact) mass is 386 g/mol. The number of nitrogens with zero attached hydrogens (tertiary/aromatic N) is 4. The third kappa shape index (κ3) is 3.60. The highest BCUT2D eigenvalue weighted by atomic mass is 16.6. The number of rotatable bonds is 4. The van der Waals surface area contributed by atoms with Crippen LogP contribution < -0.4 is 4.90 Å². The van der Waals surface area contributed by atoms with Crippen LogP contribution in [0.2, 0.25) is 0 Å². The number of aromatic nitrogens is 1. The molecule has 2 saturated heterocycles. The lowest BCUT2D eigenvalue weighted by Crippen LogP contribution is -2.58. The molecule has 1 unspecified atom stereocenters. The number of hydrogen-bond acceptors (Lipinski definition) is 6. The number of anilines is 1. The Hall–Kier alpha value is -2.15. The Bertz CT molecular complexity index is 739. The number of Topliss-reactive ketones (excluding diaryl/α,β-unsaturated/α-hetero) is 1. The van der Waals surface area contributed by atoms with Gasteiger partial charge in [0.05, 0.1) is 12.2 Å². The number of likely N-dealkylation sites (tertiary alicyclic amines) is 1. The Morgan fingerprint density at radius 3 is 2.68 bits per heavy atom. The summed E-state index contributed by atoms with van der Waals surface area (Å²) in [5, 5.41) is 0. The molecule has 7 nitrogen and oxygen atoms in total. The molecule has 1 amide bonds. The van der Waals surface area contributed by atoms with Crippen LogP contribution in [-0.4, -0.2) is 78.6 Å². The van der Waals surface area contributed by atoms with Crippen LogP contribution in [0.1, 0.15) is 43.5 Å². The van der Waals surface area contributed by atoms with Gasteiger partial charge in [-0.3, -0.25) is 9.69 Å². The van der Waals surface area contributed by atoms with E-state index in [1.54, 1.807) is 13.1 Å². The van der Waals surface area contributed by atoms with Crippen LogP contribution in [0.25, 0.3) is 0 Å². The average Bonchev–Trinajstić information content (AvgIpc) is 3.13. The van der Waals surface area contributed by atoms with Gasteiger partial charge in [-0.1, -0.05) is 0 Å². The molecule has 1 aliphatic carbocycles. The van der Waals surface area contributed by atoms with Gasteiger partial charge in [-0.2, -0.15) is 0 Å². The maximum Gasteiger partial charge on any atom is 0.409 e. The summed E-state index contributed by atoms with van der Waals surface area (Å²) in [6.07, 6.45) is 5.18. The van der Waals surface area contributed by atoms with Gasteiger partial charge in [0, 0.05) is 56.9 Å². The molecule has 1 spiro atoms. The van der Waals surface area contributed by atoms with E-state index in [0.29, 0.717) is 23.6 Å². The maximum absolute atomic E-state index is 11.9. The number of amides is 1. The summed E-state index contributed by atoms with van der Waals surface area (Å²) < 4.78 is 5.11. The number of pyridine rings is 1. The van der Waals surface area contributed by atoms with E-state index in [4.69, 9.17) is 4.74 Å². The molecule has 1 aromatic heterocycles.